The highest BCUT2D eigenvalue weighted by Crippen LogP contribution is 2.45. The van der Waals surface area contributed by atoms with Crippen LogP contribution in [-0.2, 0) is 0 Å². The Morgan fingerprint density at radius 3 is 2.33 bits per heavy atom. The molecular formula is C9H9NS2. The number of fused-ring (bicyclic) bond motifs is 1. The van der Waals surface area contributed by atoms with E-state index >= 15 is 0 Å². The SMILES string of the molecule is C=CCN1Sc2ccccc2S1. The highest BCUT2D eigenvalue weighted by atomic mass is 32.2. The van der Waals surface area contributed by atoms with Crippen molar-refractivity contribution in [2.24, 2.45) is 0 Å². The lowest BCUT2D eigenvalue weighted by molar-refractivity contribution is 0.854. The molecule has 0 N–H and O–H groups in total. The van der Waals surface area contributed by atoms with Gasteiger partial charge in [-0.25, -0.2) is 0 Å². The minimum atomic E-state index is 0.921. The monoisotopic (exact) mass is 195 g/mol. The van der Waals surface area contributed by atoms with Crippen molar-refractivity contribution >= 4 is 23.9 Å². The molecule has 62 valence electrons. The third-order valence-corrected chi connectivity index (χ3v) is 3.91. The Bertz CT molecular complexity index is 273. The maximum absolute atomic E-state index is 3.72. The van der Waals surface area contributed by atoms with E-state index in [1.807, 2.05) is 6.08 Å². The second-order valence-electron chi connectivity index (χ2n) is 2.43. The Morgan fingerprint density at radius 1 is 1.25 bits per heavy atom. The lowest BCUT2D eigenvalue weighted by Crippen LogP contribution is -1.99. The fourth-order valence-electron chi connectivity index (χ4n) is 1.02. The Morgan fingerprint density at radius 2 is 1.83 bits per heavy atom. The number of rotatable bonds is 2. The van der Waals surface area contributed by atoms with E-state index in [0.717, 1.165) is 6.54 Å². The van der Waals surface area contributed by atoms with Gasteiger partial charge in [0.1, 0.15) is 0 Å². The predicted octanol–water partition coefficient (Wildman–Crippen LogP) is 3.20. The van der Waals surface area contributed by atoms with Gasteiger partial charge in [0.2, 0.25) is 0 Å². The van der Waals surface area contributed by atoms with E-state index in [1.54, 1.807) is 23.9 Å². The molecule has 1 aliphatic heterocycles. The smallest absolute Gasteiger partial charge is 0.0388 e. The van der Waals surface area contributed by atoms with Gasteiger partial charge in [0.25, 0.3) is 0 Å². The molecule has 0 fully saturated rings. The van der Waals surface area contributed by atoms with Crippen LogP contribution in [0.25, 0.3) is 0 Å². The normalized spacial score (nSPS) is 16.0. The molecule has 0 amide bonds. The average Bonchev–Trinajstić information content (AvgIpc) is 2.47. The summed E-state index contributed by atoms with van der Waals surface area (Å²) >= 11 is 3.57. The van der Waals surface area contributed by atoms with Crippen molar-refractivity contribution in [2.75, 3.05) is 6.54 Å². The van der Waals surface area contributed by atoms with E-state index in [-0.39, 0.29) is 0 Å². The topological polar surface area (TPSA) is 3.24 Å². The fraction of sp³-hybridized carbons (Fsp3) is 0.111. The first-order valence-corrected chi connectivity index (χ1v) is 5.28. The third kappa shape index (κ3) is 1.53. The molecule has 0 bridgehead atoms. The van der Waals surface area contributed by atoms with Gasteiger partial charge in [0.15, 0.2) is 0 Å². The Balaban J connectivity index is 2.16. The van der Waals surface area contributed by atoms with E-state index in [9.17, 15) is 0 Å². The van der Waals surface area contributed by atoms with Crippen molar-refractivity contribution in [3.8, 4) is 0 Å². The zero-order valence-corrected chi connectivity index (χ0v) is 8.20. The van der Waals surface area contributed by atoms with Gasteiger partial charge in [0.05, 0.1) is 0 Å². The summed E-state index contributed by atoms with van der Waals surface area (Å²) in [6.07, 6.45) is 1.92. The second kappa shape index (κ2) is 3.56. The van der Waals surface area contributed by atoms with Crippen LogP contribution in [0, 0.1) is 0 Å². The molecule has 1 nitrogen and oxygen atoms in total. The molecule has 0 saturated carbocycles. The number of benzene rings is 1. The molecule has 2 rings (SSSR count). The van der Waals surface area contributed by atoms with Crippen LogP contribution < -0.4 is 0 Å². The van der Waals surface area contributed by atoms with Crippen molar-refractivity contribution in [3.63, 3.8) is 0 Å². The van der Waals surface area contributed by atoms with E-state index in [0.29, 0.717) is 0 Å². The maximum Gasteiger partial charge on any atom is 0.0388 e. The molecule has 1 aromatic rings. The lowest BCUT2D eigenvalue weighted by atomic mass is 10.4. The molecule has 0 atom stereocenters. The van der Waals surface area contributed by atoms with E-state index in [2.05, 4.69) is 34.6 Å². The zero-order valence-electron chi connectivity index (χ0n) is 6.56. The summed E-state index contributed by atoms with van der Waals surface area (Å²) in [6.45, 7) is 4.64. The van der Waals surface area contributed by atoms with Crippen molar-refractivity contribution < 1.29 is 0 Å². The molecule has 0 saturated heterocycles. The predicted molar refractivity (Wildman–Crippen MR) is 55.1 cm³/mol. The van der Waals surface area contributed by atoms with Crippen LogP contribution in [0.3, 0.4) is 0 Å². The van der Waals surface area contributed by atoms with Crippen molar-refractivity contribution in [3.05, 3.63) is 36.9 Å². The molecule has 0 radical (unpaired) electrons. The van der Waals surface area contributed by atoms with Crippen LogP contribution in [0.5, 0.6) is 0 Å². The van der Waals surface area contributed by atoms with Gasteiger partial charge < -0.3 is 0 Å². The van der Waals surface area contributed by atoms with Crippen LogP contribution >= 0.6 is 23.9 Å². The zero-order chi connectivity index (χ0) is 8.39. The van der Waals surface area contributed by atoms with E-state index in [1.165, 1.54) is 9.79 Å². The summed E-state index contributed by atoms with van der Waals surface area (Å²) in [5.74, 6) is 0. The van der Waals surface area contributed by atoms with Crippen molar-refractivity contribution in [1.29, 1.82) is 0 Å². The van der Waals surface area contributed by atoms with Crippen molar-refractivity contribution in [2.45, 2.75) is 9.79 Å². The van der Waals surface area contributed by atoms with Gasteiger partial charge in [-0.1, -0.05) is 18.2 Å². The van der Waals surface area contributed by atoms with Gasteiger partial charge in [-0.15, -0.1) is 6.58 Å². The maximum atomic E-state index is 3.72. The summed E-state index contributed by atoms with van der Waals surface area (Å²) in [4.78, 5) is 2.70. The summed E-state index contributed by atoms with van der Waals surface area (Å²) in [7, 11) is 0. The first-order valence-electron chi connectivity index (χ1n) is 3.73. The lowest BCUT2D eigenvalue weighted by Gasteiger charge is -2.06. The standard InChI is InChI=1S/C9H9NS2/c1-2-7-10-11-8-5-3-4-6-9(8)12-10/h2-6H,1,7H2. The Hall–Kier alpha value is -0.380. The largest absolute Gasteiger partial charge is 0.182 e. The summed E-state index contributed by atoms with van der Waals surface area (Å²) < 4.78 is 2.22. The van der Waals surface area contributed by atoms with Crippen LogP contribution in [0.2, 0.25) is 0 Å². The minimum absolute atomic E-state index is 0.921. The average molecular weight is 195 g/mol. The molecular weight excluding hydrogens is 186 g/mol. The van der Waals surface area contributed by atoms with Gasteiger partial charge >= 0.3 is 0 Å². The molecule has 0 aromatic heterocycles. The highest BCUT2D eigenvalue weighted by Gasteiger charge is 2.18. The van der Waals surface area contributed by atoms with E-state index < -0.39 is 0 Å². The van der Waals surface area contributed by atoms with Crippen molar-refractivity contribution in [1.82, 2.24) is 3.71 Å². The first-order chi connectivity index (χ1) is 5.90. The minimum Gasteiger partial charge on any atom is -0.182 e. The highest BCUT2D eigenvalue weighted by molar-refractivity contribution is 8.14. The number of hydrogen-bond acceptors (Lipinski definition) is 3. The molecule has 1 heterocycles. The van der Waals surface area contributed by atoms with Crippen LogP contribution in [0.4, 0.5) is 0 Å². The molecule has 0 aliphatic carbocycles. The molecule has 1 aromatic carbocycles. The van der Waals surface area contributed by atoms with Crippen LogP contribution in [0.1, 0.15) is 0 Å². The first kappa shape index (κ1) is 8.23. The summed E-state index contributed by atoms with van der Waals surface area (Å²) in [5, 5.41) is 0. The third-order valence-electron chi connectivity index (χ3n) is 1.53. The molecule has 0 unspecified atom stereocenters. The summed E-state index contributed by atoms with van der Waals surface area (Å²) in [6, 6.07) is 8.44. The van der Waals surface area contributed by atoms with Crippen LogP contribution in [0.15, 0.2) is 46.7 Å². The van der Waals surface area contributed by atoms with Crippen LogP contribution in [-0.4, -0.2) is 10.3 Å². The quantitative estimate of drug-likeness (QED) is 0.527. The molecule has 1 aliphatic rings. The molecule has 3 heteroatoms. The Kier molecular flexibility index (Phi) is 2.44. The second-order valence-corrected chi connectivity index (χ2v) is 4.79. The fourth-order valence-corrected chi connectivity index (χ4v) is 3.27. The molecule has 0 spiro atoms. The Labute approximate surface area is 81.1 Å². The van der Waals surface area contributed by atoms with Gasteiger partial charge in [-0.3, -0.25) is 0 Å². The summed E-state index contributed by atoms with van der Waals surface area (Å²) in [5.41, 5.74) is 0. The number of nitrogens with zero attached hydrogens (tertiary/aromatic N) is 1. The molecule has 12 heavy (non-hydrogen) atoms. The van der Waals surface area contributed by atoms with E-state index in [4.69, 9.17) is 0 Å². The van der Waals surface area contributed by atoms with Gasteiger partial charge in [0, 0.05) is 16.3 Å². The van der Waals surface area contributed by atoms with Gasteiger partial charge in [-0.05, 0) is 36.0 Å². The number of hydrogen-bond donors (Lipinski definition) is 0. The van der Waals surface area contributed by atoms with Gasteiger partial charge in [-0.2, -0.15) is 3.71 Å².